The van der Waals surface area contributed by atoms with Gasteiger partial charge in [0, 0.05) is 30.9 Å². The van der Waals surface area contributed by atoms with Gasteiger partial charge in [0.1, 0.15) is 36.4 Å². The first-order valence-corrected chi connectivity index (χ1v) is 7.77. The zero-order valence-electron chi connectivity index (χ0n) is 13.9. The van der Waals surface area contributed by atoms with Gasteiger partial charge in [0.2, 0.25) is 0 Å². The molecule has 0 spiro atoms. The number of rotatable bonds is 6. The molecule has 3 heterocycles. The second-order valence-corrected chi connectivity index (χ2v) is 5.51. The number of nitrogens with zero attached hydrogens (tertiary/aromatic N) is 5. The Balaban J connectivity index is 1.60. The summed E-state index contributed by atoms with van der Waals surface area (Å²) in [6.07, 6.45) is 4.41. The summed E-state index contributed by atoms with van der Waals surface area (Å²) in [4.78, 5) is 52.7. The zero-order chi connectivity index (χ0) is 18.5. The molecule has 3 aromatic heterocycles. The quantitative estimate of drug-likeness (QED) is 0.500. The van der Waals surface area contributed by atoms with E-state index in [1.165, 1.54) is 29.6 Å². The Morgan fingerprint density at radius 1 is 1.27 bits per heavy atom. The van der Waals surface area contributed by atoms with Crippen LogP contribution in [0.25, 0.3) is 0 Å². The van der Waals surface area contributed by atoms with E-state index < -0.39 is 11.5 Å². The smallest absolute Gasteiger partial charge is 0.263 e. The van der Waals surface area contributed by atoms with Crippen LogP contribution >= 0.6 is 0 Å². The van der Waals surface area contributed by atoms with Crippen LogP contribution in [0.1, 0.15) is 27.7 Å². The third-order valence-corrected chi connectivity index (χ3v) is 3.44. The van der Waals surface area contributed by atoms with Gasteiger partial charge in [-0.05, 0) is 6.92 Å². The van der Waals surface area contributed by atoms with Crippen LogP contribution in [0.4, 0.5) is 0 Å². The van der Waals surface area contributed by atoms with Crippen molar-refractivity contribution in [3.05, 3.63) is 68.5 Å². The third kappa shape index (κ3) is 4.26. The first-order valence-electron chi connectivity index (χ1n) is 7.77. The number of nitrogens with one attached hydrogen (secondary N) is 3. The molecule has 3 aromatic rings. The second-order valence-electron chi connectivity index (χ2n) is 5.51. The van der Waals surface area contributed by atoms with Gasteiger partial charge in [0.15, 0.2) is 0 Å². The fraction of sp³-hybridized carbons (Fsp3) is 0.267. The monoisotopic (exact) mass is 356 g/mol. The number of H-pyrrole nitrogens is 2. The molecule has 0 aromatic carbocycles. The molecule has 0 saturated heterocycles. The molecule has 0 aliphatic heterocycles. The number of hydrogen-bond donors (Lipinski definition) is 3. The summed E-state index contributed by atoms with van der Waals surface area (Å²) in [5, 5.41) is 6.52. The Morgan fingerprint density at radius 2 is 2.12 bits per heavy atom. The lowest BCUT2D eigenvalue weighted by Crippen LogP contribution is -2.32. The number of carbonyl (C=O) groups excluding carboxylic acids is 1. The van der Waals surface area contributed by atoms with E-state index in [1.54, 1.807) is 6.92 Å². The van der Waals surface area contributed by atoms with Crippen molar-refractivity contribution in [2.45, 2.75) is 19.9 Å². The van der Waals surface area contributed by atoms with Crippen molar-refractivity contribution >= 4 is 5.91 Å². The van der Waals surface area contributed by atoms with Crippen molar-refractivity contribution in [3.63, 3.8) is 0 Å². The fourth-order valence-corrected chi connectivity index (χ4v) is 2.29. The third-order valence-electron chi connectivity index (χ3n) is 3.44. The van der Waals surface area contributed by atoms with Crippen LogP contribution < -0.4 is 16.4 Å². The minimum Gasteiger partial charge on any atom is -0.351 e. The first kappa shape index (κ1) is 17.2. The lowest BCUT2D eigenvalue weighted by Gasteiger charge is -2.06. The summed E-state index contributed by atoms with van der Waals surface area (Å²) >= 11 is 0. The van der Waals surface area contributed by atoms with Gasteiger partial charge >= 0.3 is 0 Å². The summed E-state index contributed by atoms with van der Waals surface area (Å²) in [5.41, 5.74) is -0.297. The van der Waals surface area contributed by atoms with Gasteiger partial charge < -0.3 is 15.3 Å². The van der Waals surface area contributed by atoms with Crippen LogP contribution in [0.5, 0.6) is 0 Å². The first-order chi connectivity index (χ1) is 12.5. The molecule has 0 aliphatic carbocycles. The predicted molar refractivity (Wildman–Crippen MR) is 89.6 cm³/mol. The number of hydrogen-bond acceptors (Lipinski definition) is 7. The molecule has 0 unspecified atom stereocenters. The Kier molecular flexibility index (Phi) is 4.97. The van der Waals surface area contributed by atoms with E-state index in [-0.39, 0.29) is 24.2 Å². The Labute approximate surface area is 146 Å². The molecule has 11 heteroatoms. The number of aromatic nitrogens is 7. The van der Waals surface area contributed by atoms with Gasteiger partial charge in [-0.25, -0.2) is 19.6 Å². The van der Waals surface area contributed by atoms with Crippen molar-refractivity contribution in [1.29, 1.82) is 0 Å². The predicted octanol–water partition coefficient (Wildman–Crippen LogP) is -1.23. The normalized spacial score (nSPS) is 10.7. The van der Waals surface area contributed by atoms with Gasteiger partial charge in [-0.2, -0.15) is 5.10 Å². The SMILES string of the molecule is Cc1cc(=O)[nH]c(CCNC(=O)c2cnc(Cn3cncn3)[nH]c2=O)n1. The van der Waals surface area contributed by atoms with Gasteiger partial charge in [-0.15, -0.1) is 0 Å². The number of aryl methyl sites for hydroxylation is 1. The van der Waals surface area contributed by atoms with E-state index in [4.69, 9.17) is 0 Å². The highest BCUT2D eigenvalue weighted by molar-refractivity contribution is 5.93. The molecule has 0 radical (unpaired) electrons. The maximum atomic E-state index is 12.1. The van der Waals surface area contributed by atoms with Crippen molar-refractivity contribution in [2.75, 3.05) is 6.54 Å². The molecule has 3 N–H and O–H groups in total. The minimum atomic E-state index is -0.555. The van der Waals surface area contributed by atoms with Crippen molar-refractivity contribution in [3.8, 4) is 0 Å². The van der Waals surface area contributed by atoms with Gasteiger partial charge in [-0.1, -0.05) is 0 Å². The average molecular weight is 356 g/mol. The van der Waals surface area contributed by atoms with Gasteiger partial charge in [0.25, 0.3) is 17.0 Å². The molecular formula is C15H16N8O3. The van der Waals surface area contributed by atoms with Crippen molar-refractivity contribution in [2.24, 2.45) is 0 Å². The van der Waals surface area contributed by atoms with E-state index in [0.717, 1.165) is 0 Å². The second kappa shape index (κ2) is 7.51. The lowest BCUT2D eigenvalue weighted by atomic mass is 10.3. The zero-order valence-corrected chi connectivity index (χ0v) is 13.9. The molecular weight excluding hydrogens is 340 g/mol. The molecule has 11 nitrogen and oxygen atoms in total. The van der Waals surface area contributed by atoms with Crippen LogP contribution in [0.15, 0.2) is 34.5 Å². The van der Waals surface area contributed by atoms with Crippen LogP contribution in [0, 0.1) is 6.92 Å². The van der Waals surface area contributed by atoms with Crippen LogP contribution in [0.3, 0.4) is 0 Å². The maximum absolute atomic E-state index is 12.1. The summed E-state index contributed by atoms with van der Waals surface area (Å²) in [6, 6.07) is 1.38. The summed E-state index contributed by atoms with van der Waals surface area (Å²) in [6.45, 7) is 2.16. The lowest BCUT2D eigenvalue weighted by molar-refractivity contribution is 0.0952. The molecule has 134 valence electrons. The molecule has 0 saturated carbocycles. The summed E-state index contributed by atoms with van der Waals surface area (Å²) < 4.78 is 1.49. The molecule has 26 heavy (non-hydrogen) atoms. The average Bonchev–Trinajstić information content (AvgIpc) is 3.07. The van der Waals surface area contributed by atoms with E-state index in [9.17, 15) is 14.4 Å². The molecule has 0 bridgehead atoms. The van der Waals surface area contributed by atoms with Gasteiger partial charge in [0.05, 0.1) is 0 Å². The van der Waals surface area contributed by atoms with Crippen LogP contribution in [-0.4, -0.2) is 47.2 Å². The molecule has 0 atom stereocenters. The number of amides is 1. The number of carbonyl (C=O) groups is 1. The number of aromatic amines is 2. The largest absolute Gasteiger partial charge is 0.351 e. The fourth-order valence-electron chi connectivity index (χ4n) is 2.29. The van der Waals surface area contributed by atoms with Crippen molar-refractivity contribution < 1.29 is 4.79 Å². The standard InChI is InChI=1S/C15H16N8O3/c1-9-4-13(24)21-11(20-9)2-3-17-14(25)10-5-18-12(22-15(10)26)6-23-8-16-7-19-23/h4-5,7-8H,2-3,6H2,1H3,(H,17,25)(H,18,22,26)(H,20,21,24). The highest BCUT2D eigenvalue weighted by Crippen LogP contribution is 1.95. The van der Waals surface area contributed by atoms with Crippen LogP contribution in [-0.2, 0) is 13.0 Å². The van der Waals surface area contributed by atoms with E-state index >= 15 is 0 Å². The maximum Gasteiger partial charge on any atom is 0.263 e. The topological polar surface area (TPSA) is 151 Å². The highest BCUT2D eigenvalue weighted by Gasteiger charge is 2.12. The Bertz CT molecular complexity index is 1020. The van der Waals surface area contributed by atoms with Gasteiger partial charge in [-0.3, -0.25) is 14.4 Å². The Morgan fingerprint density at radius 3 is 2.81 bits per heavy atom. The van der Waals surface area contributed by atoms with Crippen molar-refractivity contribution in [1.82, 2.24) is 40.0 Å². The van der Waals surface area contributed by atoms with E-state index in [0.29, 0.717) is 23.8 Å². The van der Waals surface area contributed by atoms with E-state index in [1.807, 2.05) is 0 Å². The molecule has 0 aliphatic rings. The highest BCUT2D eigenvalue weighted by atomic mass is 16.2. The molecule has 3 rings (SSSR count). The summed E-state index contributed by atoms with van der Waals surface area (Å²) in [7, 11) is 0. The molecule has 1 amide bonds. The minimum absolute atomic E-state index is 0.0990. The molecule has 0 fully saturated rings. The Hall–Kier alpha value is -3.63. The van der Waals surface area contributed by atoms with E-state index in [2.05, 4.69) is 35.3 Å². The summed E-state index contributed by atoms with van der Waals surface area (Å²) in [5.74, 6) is 0.269. The van der Waals surface area contributed by atoms with Crippen LogP contribution in [0.2, 0.25) is 0 Å².